The van der Waals surface area contributed by atoms with E-state index in [-0.39, 0.29) is 0 Å². The summed E-state index contributed by atoms with van der Waals surface area (Å²) in [4.78, 5) is 4.19. The summed E-state index contributed by atoms with van der Waals surface area (Å²) >= 11 is 0. The van der Waals surface area contributed by atoms with E-state index in [4.69, 9.17) is 0 Å². The second-order valence-corrected chi connectivity index (χ2v) is 6.07. The smallest absolute Gasteiger partial charge is 0.0996 e. The zero-order valence-electron chi connectivity index (χ0n) is 12.2. The van der Waals surface area contributed by atoms with Crippen molar-refractivity contribution in [2.75, 3.05) is 0 Å². The Morgan fingerprint density at radius 1 is 1.25 bits per heavy atom. The van der Waals surface area contributed by atoms with E-state index < -0.39 is 6.10 Å². The van der Waals surface area contributed by atoms with Gasteiger partial charge in [0.15, 0.2) is 0 Å². The van der Waals surface area contributed by atoms with Gasteiger partial charge in [0.1, 0.15) is 0 Å². The summed E-state index contributed by atoms with van der Waals surface area (Å²) in [7, 11) is 0. The van der Waals surface area contributed by atoms with Gasteiger partial charge < -0.3 is 9.67 Å². The van der Waals surface area contributed by atoms with Gasteiger partial charge in [-0.15, -0.1) is 0 Å². The Hall–Kier alpha value is -1.61. The van der Waals surface area contributed by atoms with Gasteiger partial charge in [0, 0.05) is 12.5 Å². The number of nitrogens with zero attached hydrogens (tertiary/aromatic N) is 2. The fourth-order valence-corrected chi connectivity index (χ4v) is 2.60. The van der Waals surface area contributed by atoms with Crippen molar-refractivity contribution in [3.8, 4) is 0 Å². The van der Waals surface area contributed by atoms with E-state index in [9.17, 15) is 5.11 Å². The number of benzene rings is 1. The van der Waals surface area contributed by atoms with Crippen molar-refractivity contribution in [1.29, 1.82) is 0 Å². The second-order valence-electron chi connectivity index (χ2n) is 6.07. The molecule has 1 saturated carbocycles. The molecule has 1 aliphatic carbocycles. The molecule has 0 spiro atoms. The molecule has 1 heterocycles. The molecule has 1 aliphatic rings. The molecule has 1 aromatic carbocycles. The van der Waals surface area contributed by atoms with E-state index in [1.54, 1.807) is 6.20 Å². The highest BCUT2D eigenvalue weighted by Gasteiger charge is 2.27. The van der Waals surface area contributed by atoms with Crippen LogP contribution >= 0.6 is 0 Å². The lowest BCUT2D eigenvalue weighted by Gasteiger charge is -2.14. The fourth-order valence-electron chi connectivity index (χ4n) is 2.60. The van der Waals surface area contributed by atoms with Crippen LogP contribution in [0.5, 0.6) is 0 Å². The predicted molar refractivity (Wildman–Crippen MR) is 79.7 cm³/mol. The Balaban J connectivity index is 1.71. The third-order valence-corrected chi connectivity index (χ3v) is 4.05. The van der Waals surface area contributed by atoms with Gasteiger partial charge >= 0.3 is 0 Å². The number of aromatic nitrogens is 2. The van der Waals surface area contributed by atoms with Crippen LogP contribution in [-0.2, 0) is 6.42 Å². The van der Waals surface area contributed by atoms with Crippen molar-refractivity contribution < 1.29 is 5.11 Å². The SMILES string of the molecule is CC(C)c1ccc(CC(O)c2cncn2C2CC2)cc1. The van der Waals surface area contributed by atoms with Crippen LogP contribution in [0.4, 0.5) is 0 Å². The summed E-state index contributed by atoms with van der Waals surface area (Å²) in [5.41, 5.74) is 3.46. The molecule has 0 saturated heterocycles. The fraction of sp³-hybridized carbons (Fsp3) is 0.471. The molecule has 20 heavy (non-hydrogen) atoms. The zero-order chi connectivity index (χ0) is 14.1. The third kappa shape index (κ3) is 2.78. The van der Waals surface area contributed by atoms with Gasteiger partial charge in [-0.25, -0.2) is 4.98 Å². The van der Waals surface area contributed by atoms with Gasteiger partial charge in [0.25, 0.3) is 0 Å². The second kappa shape index (κ2) is 5.41. The highest BCUT2D eigenvalue weighted by atomic mass is 16.3. The normalized spacial score (nSPS) is 16.6. The first kappa shape index (κ1) is 13.4. The van der Waals surface area contributed by atoms with Gasteiger partial charge in [-0.05, 0) is 29.9 Å². The Morgan fingerprint density at radius 3 is 2.55 bits per heavy atom. The summed E-state index contributed by atoms with van der Waals surface area (Å²) in [6.45, 7) is 4.39. The summed E-state index contributed by atoms with van der Waals surface area (Å²) in [6.07, 6.45) is 6.24. The van der Waals surface area contributed by atoms with E-state index in [0.717, 1.165) is 5.69 Å². The largest absolute Gasteiger partial charge is 0.386 e. The molecule has 0 radical (unpaired) electrons. The molecule has 0 bridgehead atoms. The van der Waals surface area contributed by atoms with Crippen molar-refractivity contribution in [3.63, 3.8) is 0 Å². The summed E-state index contributed by atoms with van der Waals surface area (Å²) in [5.74, 6) is 0.547. The van der Waals surface area contributed by atoms with Gasteiger partial charge in [-0.3, -0.25) is 0 Å². The van der Waals surface area contributed by atoms with Crippen molar-refractivity contribution in [1.82, 2.24) is 9.55 Å². The average Bonchev–Trinajstić information content (AvgIpc) is 3.16. The number of rotatable bonds is 5. The van der Waals surface area contributed by atoms with Crippen LogP contribution in [0.15, 0.2) is 36.8 Å². The quantitative estimate of drug-likeness (QED) is 0.901. The molecule has 106 valence electrons. The standard InChI is InChI=1S/C17H22N2O/c1-12(2)14-5-3-13(4-6-14)9-17(20)16-10-18-11-19(16)15-7-8-15/h3-6,10-12,15,17,20H,7-9H2,1-2H3. The van der Waals surface area contributed by atoms with Crippen LogP contribution in [0, 0.1) is 0 Å². The van der Waals surface area contributed by atoms with E-state index in [1.807, 2.05) is 6.33 Å². The van der Waals surface area contributed by atoms with Crippen LogP contribution in [0.3, 0.4) is 0 Å². The van der Waals surface area contributed by atoms with Crippen LogP contribution in [0.2, 0.25) is 0 Å². The van der Waals surface area contributed by atoms with Crippen molar-refractivity contribution >= 4 is 0 Å². The van der Waals surface area contributed by atoms with Crippen LogP contribution in [0.25, 0.3) is 0 Å². The molecule has 3 nitrogen and oxygen atoms in total. The molecule has 1 atom stereocenters. The van der Waals surface area contributed by atoms with Crippen molar-refractivity contribution in [2.24, 2.45) is 0 Å². The van der Waals surface area contributed by atoms with Crippen LogP contribution in [-0.4, -0.2) is 14.7 Å². The summed E-state index contributed by atoms with van der Waals surface area (Å²) < 4.78 is 2.13. The van der Waals surface area contributed by atoms with E-state index in [2.05, 4.69) is 47.7 Å². The van der Waals surface area contributed by atoms with Crippen LogP contribution < -0.4 is 0 Å². The van der Waals surface area contributed by atoms with Gasteiger partial charge in [-0.1, -0.05) is 38.1 Å². The van der Waals surface area contributed by atoms with E-state index >= 15 is 0 Å². The van der Waals surface area contributed by atoms with Crippen molar-refractivity contribution in [3.05, 3.63) is 53.6 Å². The Kier molecular flexibility index (Phi) is 3.62. The molecular formula is C17H22N2O. The maximum absolute atomic E-state index is 10.4. The predicted octanol–water partition coefficient (Wildman–Crippen LogP) is 3.62. The minimum Gasteiger partial charge on any atom is -0.386 e. The lowest BCUT2D eigenvalue weighted by Crippen LogP contribution is -2.08. The lowest BCUT2D eigenvalue weighted by molar-refractivity contribution is 0.168. The first-order valence-electron chi connectivity index (χ1n) is 7.43. The molecule has 3 rings (SSSR count). The molecule has 1 N–H and O–H groups in total. The van der Waals surface area contributed by atoms with E-state index in [1.165, 1.54) is 24.0 Å². The number of hydrogen-bond donors (Lipinski definition) is 1. The first-order chi connectivity index (χ1) is 9.65. The molecule has 2 aromatic rings. The molecular weight excluding hydrogens is 248 g/mol. The monoisotopic (exact) mass is 270 g/mol. The Labute approximate surface area is 120 Å². The first-order valence-corrected chi connectivity index (χ1v) is 7.43. The lowest BCUT2D eigenvalue weighted by atomic mass is 9.99. The number of aliphatic hydroxyl groups is 1. The molecule has 3 heteroatoms. The summed E-state index contributed by atoms with van der Waals surface area (Å²) in [6, 6.07) is 9.12. The highest BCUT2D eigenvalue weighted by Crippen LogP contribution is 2.37. The highest BCUT2D eigenvalue weighted by molar-refractivity contribution is 5.26. The maximum Gasteiger partial charge on any atom is 0.0996 e. The average molecular weight is 270 g/mol. The summed E-state index contributed by atoms with van der Waals surface area (Å²) in [5, 5.41) is 10.4. The number of aliphatic hydroxyl groups excluding tert-OH is 1. The Bertz CT molecular complexity index is 567. The number of hydrogen-bond acceptors (Lipinski definition) is 2. The van der Waals surface area contributed by atoms with E-state index in [0.29, 0.717) is 18.4 Å². The molecule has 1 unspecified atom stereocenters. The minimum absolute atomic E-state index is 0.469. The van der Waals surface area contributed by atoms with Gasteiger partial charge in [0.2, 0.25) is 0 Å². The third-order valence-electron chi connectivity index (χ3n) is 4.05. The molecule has 0 aliphatic heterocycles. The Morgan fingerprint density at radius 2 is 1.95 bits per heavy atom. The number of imidazole rings is 1. The molecule has 1 fully saturated rings. The minimum atomic E-state index is -0.469. The molecule has 1 aromatic heterocycles. The van der Waals surface area contributed by atoms with Crippen LogP contribution in [0.1, 0.15) is 61.6 Å². The van der Waals surface area contributed by atoms with Gasteiger partial charge in [0.05, 0.1) is 24.3 Å². The molecule has 0 amide bonds. The topological polar surface area (TPSA) is 38.1 Å². The zero-order valence-corrected chi connectivity index (χ0v) is 12.2. The van der Waals surface area contributed by atoms with Crippen molar-refractivity contribution in [2.45, 2.75) is 51.2 Å². The maximum atomic E-state index is 10.4. The van der Waals surface area contributed by atoms with Gasteiger partial charge in [-0.2, -0.15) is 0 Å².